The summed E-state index contributed by atoms with van der Waals surface area (Å²) in [5.74, 6) is 1.45. The SMILES string of the molecule is CCCCCCC[C@@H](F)CCOc1ccc(-c2ncccn2)cc1. The fraction of sp³-hybridized carbons (Fsp3) is 0.500. The summed E-state index contributed by atoms with van der Waals surface area (Å²) in [6.45, 7) is 2.60. The largest absolute Gasteiger partial charge is 0.493 e. The molecule has 0 N–H and O–H groups in total. The molecule has 0 bridgehead atoms. The number of halogens is 1. The molecular weight excluding hydrogens is 303 g/mol. The number of rotatable bonds is 11. The minimum absolute atomic E-state index is 0.414. The molecule has 1 atom stereocenters. The van der Waals surface area contributed by atoms with E-state index in [1.165, 1.54) is 19.3 Å². The summed E-state index contributed by atoms with van der Waals surface area (Å²) in [5.41, 5.74) is 0.943. The first kappa shape index (κ1) is 18.4. The van der Waals surface area contributed by atoms with Gasteiger partial charge in [-0.25, -0.2) is 14.4 Å². The van der Waals surface area contributed by atoms with Gasteiger partial charge in [-0.1, -0.05) is 39.0 Å². The van der Waals surface area contributed by atoms with E-state index in [9.17, 15) is 4.39 Å². The monoisotopic (exact) mass is 330 g/mol. The van der Waals surface area contributed by atoms with Crippen molar-refractivity contribution in [3.05, 3.63) is 42.7 Å². The van der Waals surface area contributed by atoms with Gasteiger partial charge in [0.2, 0.25) is 0 Å². The van der Waals surface area contributed by atoms with Crippen molar-refractivity contribution in [1.29, 1.82) is 0 Å². The van der Waals surface area contributed by atoms with Crippen LogP contribution in [0.4, 0.5) is 4.39 Å². The van der Waals surface area contributed by atoms with Crippen LogP contribution < -0.4 is 4.74 Å². The predicted molar refractivity (Wildman–Crippen MR) is 95.9 cm³/mol. The van der Waals surface area contributed by atoms with E-state index in [2.05, 4.69) is 16.9 Å². The van der Waals surface area contributed by atoms with E-state index in [1.54, 1.807) is 18.5 Å². The third-order valence-corrected chi connectivity index (χ3v) is 4.00. The molecular formula is C20H27FN2O. The highest BCUT2D eigenvalue weighted by Gasteiger charge is 2.07. The van der Waals surface area contributed by atoms with Crippen LogP contribution in [-0.2, 0) is 0 Å². The van der Waals surface area contributed by atoms with Crippen LogP contribution in [0.15, 0.2) is 42.7 Å². The molecule has 0 saturated carbocycles. The molecule has 0 spiro atoms. The Morgan fingerprint density at radius 2 is 1.67 bits per heavy atom. The Balaban J connectivity index is 1.65. The highest BCUT2D eigenvalue weighted by molar-refractivity contribution is 5.55. The van der Waals surface area contributed by atoms with E-state index >= 15 is 0 Å². The molecule has 0 saturated heterocycles. The first-order valence-corrected chi connectivity index (χ1v) is 8.94. The van der Waals surface area contributed by atoms with E-state index < -0.39 is 6.17 Å². The van der Waals surface area contributed by atoms with Gasteiger partial charge in [0.05, 0.1) is 6.61 Å². The number of nitrogens with zero attached hydrogens (tertiary/aromatic N) is 2. The van der Waals surface area contributed by atoms with Crippen LogP contribution >= 0.6 is 0 Å². The molecule has 130 valence electrons. The van der Waals surface area contributed by atoms with E-state index in [0.717, 1.165) is 24.2 Å². The van der Waals surface area contributed by atoms with Crippen molar-refractivity contribution < 1.29 is 9.13 Å². The Bertz CT molecular complexity index is 560. The number of alkyl halides is 1. The summed E-state index contributed by atoms with van der Waals surface area (Å²) < 4.78 is 19.4. The maximum absolute atomic E-state index is 13.8. The quantitative estimate of drug-likeness (QED) is 0.502. The van der Waals surface area contributed by atoms with Crippen LogP contribution in [0.1, 0.15) is 51.9 Å². The Morgan fingerprint density at radius 1 is 0.958 bits per heavy atom. The molecule has 3 nitrogen and oxygen atoms in total. The van der Waals surface area contributed by atoms with Crippen LogP contribution in [0, 0.1) is 0 Å². The first-order chi connectivity index (χ1) is 11.8. The van der Waals surface area contributed by atoms with Gasteiger partial charge in [0.15, 0.2) is 5.82 Å². The van der Waals surface area contributed by atoms with Crippen molar-refractivity contribution in [1.82, 2.24) is 9.97 Å². The van der Waals surface area contributed by atoms with Crippen molar-refractivity contribution in [2.75, 3.05) is 6.61 Å². The van der Waals surface area contributed by atoms with E-state index in [-0.39, 0.29) is 0 Å². The van der Waals surface area contributed by atoms with Gasteiger partial charge in [0.1, 0.15) is 11.9 Å². The van der Waals surface area contributed by atoms with Crippen molar-refractivity contribution in [2.24, 2.45) is 0 Å². The molecule has 0 aliphatic rings. The van der Waals surface area contributed by atoms with Crippen LogP contribution in [0.2, 0.25) is 0 Å². The summed E-state index contributed by atoms with van der Waals surface area (Å²) in [7, 11) is 0. The van der Waals surface area contributed by atoms with Gasteiger partial charge in [-0.2, -0.15) is 0 Å². The van der Waals surface area contributed by atoms with Gasteiger partial charge >= 0.3 is 0 Å². The number of unbranched alkanes of at least 4 members (excludes halogenated alkanes) is 4. The molecule has 0 unspecified atom stereocenters. The van der Waals surface area contributed by atoms with E-state index in [0.29, 0.717) is 25.3 Å². The molecule has 0 radical (unpaired) electrons. The maximum atomic E-state index is 13.8. The molecule has 4 heteroatoms. The first-order valence-electron chi connectivity index (χ1n) is 8.94. The lowest BCUT2D eigenvalue weighted by atomic mass is 10.1. The third-order valence-electron chi connectivity index (χ3n) is 4.00. The normalized spacial score (nSPS) is 12.1. The van der Waals surface area contributed by atoms with Crippen molar-refractivity contribution in [2.45, 2.75) is 58.0 Å². The second kappa shape index (κ2) is 10.7. The molecule has 1 aromatic carbocycles. The zero-order valence-corrected chi connectivity index (χ0v) is 14.5. The molecule has 1 heterocycles. The molecule has 0 amide bonds. The number of aromatic nitrogens is 2. The number of benzene rings is 1. The molecule has 2 rings (SSSR count). The Morgan fingerprint density at radius 3 is 2.38 bits per heavy atom. The lowest BCUT2D eigenvalue weighted by Crippen LogP contribution is -2.07. The maximum Gasteiger partial charge on any atom is 0.159 e. The summed E-state index contributed by atoms with van der Waals surface area (Å²) in [6.07, 6.45) is 9.60. The molecule has 1 aromatic heterocycles. The number of hydrogen-bond donors (Lipinski definition) is 0. The molecule has 24 heavy (non-hydrogen) atoms. The average molecular weight is 330 g/mol. The lowest BCUT2D eigenvalue weighted by molar-refractivity contribution is 0.222. The average Bonchev–Trinajstić information content (AvgIpc) is 2.63. The highest BCUT2D eigenvalue weighted by atomic mass is 19.1. The van der Waals surface area contributed by atoms with Crippen molar-refractivity contribution in [3.8, 4) is 17.1 Å². The third kappa shape index (κ3) is 6.65. The second-order valence-electron chi connectivity index (χ2n) is 6.03. The van der Waals surface area contributed by atoms with Crippen LogP contribution in [0.5, 0.6) is 5.75 Å². The summed E-state index contributed by atoms with van der Waals surface area (Å²) >= 11 is 0. The van der Waals surface area contributed by atoms with Gasteiger partial charge in [0.25, 0.3) is 0 Å². The summed E-state index contributed by atoms with van der Waals surface area (Å²) in [5, 5.41) is 0. The molecule has 0 fully saturated rings. The second-order valence-corrected chi connectivity index (χ2v) is 6.03. The molecule has 0 aliphatic carbocycles. The minimum atomic E-state index is -0.761. The Labute approximate surface area is 144 Å². The molecule has 0 aliphatic heterocycles. The smallest absolute Gasteiger partial charge is 0.159 e. The van der Waals surface area contributed by atoms with E-state index in [4.69, 9.17) is 4.74 Å². The summed E-state index contributed by atoms with van der Waals surface area (Å²) in [4.78, 5) is 8.42. The van der Waals surface area contributed by atoms with Gasteiger partial charge < -0.3 is 4.74 Å². The zero-order chi connectivity index (χ0) is 17.0. The van der Waals surface area contributed by atoms with Crippen LogP contribution in [0.3, 0.4) is 0 Å². The van der Waals surface area contributed by atoms with Crippen LogP contribution in [0.25, 0.3) is 11.4 Å². The van der Waals surface area contributed by atoms with Crippen molar-refractivity contribution >= 4 is 0 Å². The summed E-state index contributed by atoms with van der Waals surface area (Å²) in [6, 6.07) is 9.39. The van der Waals surface area contributed by atoms with Gasteiger partial charge in [0, 0.05) is 24.4 Å². The Hall–Kier alpha value is -1.97. The van der Waals surface area contributed by atoms with Crippen molar-refractivity contribution in [3.63, 3.8) is 0 Å². The minimum Gasteiger partial charge on any atom is -0.493 e. The number of ether oxygens (including phenoxy) is 1. The highest BCUT2D eigenvalue weighted by Crippen LogP contribution is 2.19. The fourth-order valence-corrected chi connectivity index (χ4v) is 2.57. The molecule has 2 aromatic rings. The zero-order valence-electron chi connectivity index (χ0n) is 14.5. The standard InChI is InChI=1S/C20H27FN2O/c1-2-3-4-5-6-8-18(21)13-16-24-19-11-9-17(10-12-19)20-22-14-7-15-23-20/h7,9-12,14-15,18H,2-6,8,13,16H2,1H3/t18-/m1/s1. The van der Waals surface area contributed by atoms with Gasteiger partial charge in [-0.15, -0.1) is 0 Å². The topological polar surface area (TPSA) is 35.0 Å². The Kier molecular flexibility index (Phi) is 8.22. The van der Waals surface area contributed by atoms with E-state index in [1.807, 2.05) is 24.3 Å². The van der Waals surface area contributed by atoms with Gasteiger partial charge in [-0.3, -0.25) is 0 Å². The van der Waals surface area contributed by atoms with Gasteiger partial charge in [-0.05, 0) is 36.8 Å². The lowest BCUT2D eigenvalue weighted by Gasteiger charge is -2.10. The number of hydrogen-bond acceptors (Lipinski definition) is 3. The fourth-order valence-electron chi connectivity index (χ4n) is 2.57. The predicted octanol–water partition coefficient (Wildman–Crippen LogP) is 5.61. The van der Waals surface area contributed by atoms with Crippen LogP contribution in [-0.4, -0.2) is 22.7 Å².